The number of alkyl halides is 1. The lowest BCUT2D eigenvalue weighted by Crippen LogP contribution is -2.13. The molecular weight excluding hydrogens is 280 g/mol. The predicted octanol–water partition coefficient (Wildman–Crippen LogP) is 3.05. The smallest absolute Gasteiger partial charge is 0.162 e. The SMILES string of the molecule is CC1CC(F)C2=CNc3c(F)cc(O)cc3OC2=CC1=O. The van der Waals surface area contributed by atoms with Crippen LogP contribution in [0.2, 0.25) is 0 Å². The number of hydrogen-bond donors (Lipinski definition) is 2. The summed E-state index contributed by atoms with van der Waals surface area (Å²) in [5.41, 5.74) is 0.143. The lowest BCUT2D eigenvalue weighted by atomic mass is 10.00. The first kappa shape index (κ1) is 13.6. The molecule has 4 nitrogen and oxygen atoms in total. The maximum atomic E-state index is 14.3. The molecule has 0 radical (unpaired) electrons. The van der Waals surface area contributed by atoms with Gasteiger partial charge < -0.3 is 15.2 Å². The average molecular weight is 293 g/mol. The lowest BCUT2D eigenvalue weighted by molar-refractivity contribution is -0.118. The molecule has 1 aromatic rings. The maximum absolute atomic E-state index is 14.3. The molecule has 2 N–H and O–H groups in total. The Kier molecular flexibility index (Phi) is 3.16. The Labute approximate surface area is 119 Å². The number of aromatic hydroxyl groups is 1. The molecule has 0 aromatic heterocycles. The van der Waals surface area contributed by atoms with Crippen LogP contribution >= 0.6 is 0 Å². The van der Waals surface area contributed by atoms with Gasteiger partial charge in [0.15, 0.2) is 17.3 Å². The number of carbonyl (C=O) groups excluding carboxylic acids is 1. The van der Waals surface area contributed by atoms with Gasteiger partial charge in [-0.2, -0.15) is 0 Å². The van der Waals surface area contributed by atoms with Crippen LogP contribution in [0.15, 0.2) is 35.7 Å². The van der Waals surface area contributed by atoms with Gasteiger partial charge in [0.25, 0.3) is 0 Å². The minimum absolute atomic E-state index is 0.000414. The van der Waals surface area contributed by atoms with Crippen LogP contribution in [0.5, 0.6) is 11.5 Å². The number of halogens is 2. The molecule has 0 saturated heterocycles. The summed E-state index contributed by atoms with van der Waals surface area (Å²) in [6.45, 7) is 1.64. The van der Waals surface area contributed by atoms with Gasteiger partial charge in [-0.05, 0) is 6.42 Å². The van der Waals surface area contributed by atoms with Gasteiger partial charge in [-0.15, -0.1) is 0 Å². The van der Waals surface area contributed by atoms with E-state index < -0.39 is 17.9 Å². The van der Waals surface area contributed by atoms with Gasteiger partial charge in [-0.1, -0.05) is 6.92 Å². The van der Waals surface area contributed by atoms with Crippen molar-refractivity contribution in [3.05, 3.63) is 41.6 Å². The summed E-state index contributed by atoms with van der Waals surface area (Å²) in [7, 11) is 0. The highest BCUT2D eigenvalue weighted by molar-refractivity contribution is 5.93. The van der Waals surface area contributed by atoms with Gasteiger partial charge in [0.1, 0.15) is 23.4 Å². The molecule has 3 rings (SSSR count). The van der Waals surface area contributed by atoms with E-state index in [0.717, 1.165) is 6.07 Å². The van der Waals surface area contributed by atoms with Crippen molar-refractivity contribution in [1.29, 1.82) is 0 Å². The Hall–Kier alpha value is -2.37. The normalized spacial score (nSPS) is 24.4. The summed E-state index contributed by atoms with van der Waals surface area (Å²) >= 11 is 0. The van der Waals surface area contributed by atoms with Crippen molar-refractivity contribution in [3.63, 3.8) is 0 Å². The third kappa shape index (κ3) is 2.37. The highest BCUT2D eigenvalue weighted by Gasteiger charge is 2.31. The molecule has 0 saturated carbocycles. The number of carbonyl (C=O) groups is 1. The largest absolute Gasteiger partial charge is 0.508 e. The monoisotopic (exact) mass is 293 g/mol. The zero-order valence-electron chi connectivity index (χ0n) is 11.2. The summed E-state index contributed by atoms with van der Waals surface area (Å²) in [6, 6.07) is 2.12. The highest BCUT2D eigenvalue weighted by atomic mass is 19.1. The van der Waals surface area contributed by atoms with Gasteiger partial charge >= 0.3 is 0 Å². The molecule has 2 aliphatic rings. The molecule has 0 bridgehead atoms. The summed E-state index contributed by atoms with van der Waals surface area (Å²) < 4.78 is 33.5. The van der Waals surface area contributed by atoms with Crippen molar-refractivity contribution in [2.45, 2.75) is 19.5 Å². The molecule has 2 unspecified atom stereocenters. The second-order valence-electron chi connectivity index (χ2n) is 5.16. The van der Waals surface area contributed by atoms with E-state index in [0.29, 0.717) is 0 Å². The van der Waals surface area contributed by atoms with Gasteiger partial charge in [-0.25, -0.2) is 8.78 Å². The Balaban J connectivity index is 2.11. The molecule has 1 heterocycles. The van der Waals surface area contributed by atoms with Crippen LogP contribution in [0, 0.1) is 11.7 Å². The van der Waals surface area contributed by atoms with E-state index in [1.165, 1.54) is 18.3 Å². The van der Waals surface area contributed by atoms with Crippen molar-refractivity contribution in [1.82, 2.24) is 0 Å². The number of fused-ring (bicyclic) bond motifs is 2. The number of anilines is 1. The Morgan fingerprint density at radius 3 is 2.95 bits per heavy atom. The van der Waals surface area contributed by atoms with Crippen LogP contribution in [0.1, 0.15) is 13.3 Å². The first-order valence-corrected chi connectivity index (χ1v) is 6.52. The molecule has 1 aliphatic carbocycles. The first-order valence-electron chi connectivity index (χ1n) is 6.52. The topological polar surface area (TPSA) is 58.6 Å². The maximum Gasteiger partial charge on any atom is 0.162 e. The molecule has 0 amide bonds. The van der Waals surface area contributed by atoms with Crippen molar-refractivity contribution in [2.24, 2.45) is 5.92 Å². The number of benzene rings is 1. The molecule has 21 heavy (non-hydrogen) atoms. The van der Waals surface area contributed by atoms with E-state index in [9.17, 15) is 18.7 Å². The van der Waals surface area contributed by atoms with Gasteiger partial charge in [0.2, 0.25) is 0 Å². The van der Waals surface area contributed by atoms with E-state index in [2.05, 4.69) is 5.32 Å². The summed E-state index contributed by atoms with van der Waals surface area (Å²) in [5.74, 6) is -1.71. The molecular formula is C15H13F2NO3. The number of ether oxygens (including phenoxy) is 1. The van der Waals surface area contributed by atoms with E-state index in [1.807, 2.05) is 0 Å². The molecule has 2 atom stereocenters. The van der Waals surface area contributed by atoms with E-state index in [4.69, 9.17) is 4.74 Å². The Bertz CT molecular complexity index is 682. The number of rotatable bonds is 0. The van der Waals surface area contributed by atoms with Crippen LogP contribution in [-0.4, -0.2) is 17.1 Å². The zero-order valence-corrected chi connectivity index (χ0v) is 11.2. The summed E-state index contributed by atoms with van der Waals surface area (Å²) in [4.78, 5) is 11.9. The summed E-state index contributed by atoms with van der Waals surface area (Å²) in [5, 5.41) is 12.1. The molecule has 0 fully saturated rings. The minimum Gasteiger partial charge on any atom is -0.508 e. The number of phenols is 1. The van der Waals surface area contributed by atoms with Gasteiger partial charge in [-0.3, -0.25) is 4.79 Å². The fourth-order valence-electron chi connectivity index (χ4n) is 2.37. The Morgan fingerprint density at radius 2 is 2.19 bits per heavy atom. The first-order chi connectivity index (χ1) is 9.95. The van der Waals surface area contributed by atoms with Crippen molar-refractivity contribution < 1.29 is 23.4 Å². The van der Waals surface area contributed by atoms with Crippen molar-refractivity contribution in [2.75, 3.05) is 5.32 Å². The number of allylic oxidation sites excluding steroid dienone is 2. The molecule has 6 heteroatoms. The van der Waals surface area contributed by atoms with E-state index in [-0.39, 0.29) is 40.7 Å². The zero-order chi connectivity index (χ0) is 15.1. The third-order valence-corrected chi connectivity index (χ3v) is 3.57. The number of nitrogens with one attached hydrogen (secondary N) is 1. The number of phenolic OH excluding ortho intramolecular Hbond substituents is 1. The van der Waals surface area contributed by atoms with E-state index >= 15 is 0 Å². The van der Waals surface area contributed by atoms with Crippen molar-refractivity contribution in [3.8, 4) is 11.5 Å². The summed E-state index contributed by atoms with van der Waals surface area (Å²) in [6.07, 6.45) is 1.17. The van der Waals surface area contributed by atoms with Crippen LogP contribution in [-0.2, 0) is 4.79 Å². The predicted molar refractivity (Wildman–Crippen MR) is 72.2 cm³/mol. The fraction of sp³-hybridized carbons (Fsp3) is 0.267. The third-order valence-electron chi connectivity index (χ3n) is 3.57. The van der Waals surface area contributed by atoms with Crippen LogP contribution in [0.25, 0.3) is 0 Å². The molecule has 110 valence electrons. The van der Waals surface area contributed by atoms with Crippen LogP contribution in [0.3, 0.4) is 0 Å². The Morgan fingerprint density at radius 1 is 1.43 bits per heavy atom. The number of hydrogen-bond acceptors (Lipinski definition) is 4. The average Bonchev–Trinajstić information content (AvgIpc) is 2.62. The lowest BCUT2D eigenvalue weighted by Gasteiger charge is -2.12. The fourth-order valence-corrected chi connectivity index (χ4v) is 2.37. The molecule has 0 spiro atoms. The van der Waals surface area contributed by atoms with Gasteiger partial charge in [0.05, 0.1) is 0 Å². The van der Waals surface area contributed by atoms with Crippen LogP contribution in [0.4, 0.5) is 14.5 Å². The number of ketones is 1. The minimum atomic E-state index is -1.39. The standard InChI is InChI=1S/C15H13F2NO3/c1-7-2-10(16)9-6-18-15-11(17)3-8(19)4-14(15)21-13(9)5-12(7)20/h3-7,10,18-19H,2H2,1H3. The second-order valence-corrected chi connectivity index (χ2v) is 5.16. The van der Waals surface area contributed by atoms with Crippen molar-refractivity contribution >= 4 is 11.5 Å². The molecule has 1 aromatic carbocycles. The quantitative estimate of drug-likeness (QED) is 0.722. The van der Waals surface area contributed by atoms with E-state index in [1.54, 1.807) is 6.92 Å². The highest BCUT2D eigenvalue weighted by Crippen LogP contribution is 2.39. The van der Waals surface area contributed by atoms with Gasteiger partial charge in [0, 0.05) is 35.9 Å². The van der Waals surface area contributed by atoms with Crippen LogP contribution < -0.4 is 10.1 Å². The second kappa shape index (κ2) is 4.87. The molecule has 1 aliphatic heterocycles.